The van der Waals surface area contributed by atoms with Gasteiger partial charge in [-0.3, -0.25) is 10.3 Å². The van der Waals surface area contributed by atoms with Crippen LogP contribution in [0.2, 0.25) is 0 Å². The number of methoxy groups -OCH3 is 1. The Balaban J connectivity index is 1.73. The molecule has 29 heavy (non-hydrogen) atoms. The summed E-state index contributed by atoms with van der Waals surface area (Å²) in [6.07, 6.45) is 3.28. The lowest BCUT2D eigenvalue weighted by Crippen LogP contribution is -2.44. The molecule has 0 radical (unpaired) electrons. The normalized spacial score (nSPS) is 15.0. The molecule has 1 aromatic carbocycles. The molecule has 3 heterocycles. The number of hydrogen-bond donors (Lipinski definition) is 3. The molecule has 0 bridgehead atoms. The third-order valence-electron chi connectivity index (χ3n) is 4.82. The first kappa shape index (κ1) is 19.5. The van der Waals surface area contributed by atoms with Crippen LogP contribution in [0.25, 0.3) is 11.2 Å². The topological polar surface area (TPSA) is 88.0 Å². The zero-order valence-electron chi connectivity index (χ0n) is 16.0. The molecular weight excluding hydrogens is 382 g/mol. The van der Waals surface area contributed by atoms with Crippen LogP contribution < -0.4 is 15.2 Å². The molecule has 2 aromatic heterocycles. The van der Waals surface area contributed by atoms with Gasteiger partial charge in [-0.15, -0.1) is 0 Å². The van der Waals surface area contributed by atoms with Gasteiger partial charge >= 0.3 is 5.95 Å². The first-order chi connectivity index (χ1) is 14.2. The van der Waals surface area contributed by atoms with Crippen LogP contribution in [0.3, 0.4) is 0 Å². The highest BCUT2D eigenvalue weighted by molar-refractivity contribution is 5.70. The lowest BCUT2D eigenvalue weighted by Gasteiger charge is -2.22. The zero-order chi connectivity index (χ0) is 20.2. The predicted octanol–water partition coefficient (Wildman–Crippen LogP) is 2.68. The minimum Gasteiger partial charge on any atom is -0.383 e. The first-order valence-electron chi connectivity index (χ1n) is 9.48. The van der Waals surface area contributed by atoms with E-state index in [4.69, 9.17) is 9.47 Å². The Morgan fingerprint density at radius 1 is 1.31 bits per heavy atom. The number of rotatable bonds is 7. The Morgan fingerprint density at radius 2 is 2.14 bits per heavy atom. The van der Waals surface area contributed by atoms with Gasteiger partial charge < -0.3 is 14.8 Å². The summed E-state index contributed by atoms with van der Waals surface area (Å²) >= 11 is 0. The van der Waals surface area contributed by atoms with Crippen LogP contribution in [0.1, 0.15) is 18.9 Å². The third-order valence-corrected chi connectivity index (χ3v) is 4.82. The molecule has 0 unspecified atom stereocenters. The summed E-state index contributed by atoms with van der Waals surface area (Å²) in [4.78, 5) is 12.2. The molecule has 8 nitrogen and oxygen atoms in total. The van der Waals surface area contributed by atoms with Gasteiger partial charge in [-0.05, 0) is 12.1 Å². The number of anilines is 3. The number of halogens is 2. The van der Waals surface area contributed by atoms with Crippen LogP contribution in [0.15, 0.2) is 24.4 Å². The van der Waals surface area contributed by atoms with Crippen molar-refractivity contribution >= 4 is 28.7 Å². The summed E-state index contributed by atoms with van der Waals surface area (Å²) < 4.78 is 40.0. The average molecular weight is 405 g/mol. The number of ether oxygens (including phenoxy) is 2. The summed E-state index contributed by atoms with van der Waals surface area (Å²) in [6.45, 7) is 2.39. The molecule has 1 fully saturated rings. The highest BCUT2D eigenvalue weighted by atomic mass is 19.1. The summed E-state index contributed by atoms with van der Waals surface area (Å²) in [5.41, 5.74) is 1.57. The second-order valence-electron chi connectivity index (χ2n) is 6.79. The van der Waals surface area contributed by atoms with Crippen LogP contribution in [-0.2, 0) is 9.47 Å². The summed E-state index contributed by atoms with van der Waals surface area (Å²) in [5, 5.41) is 6.16. The highest BCUT2D eigenvalue weighted by Gasteiger charge is 2.28. The molecule has 0 saturated carbocycles. The molecule has 0 spiro atoms. The molecule has 1 aliphatic heterocycles. The van der Waals surface area contributed by atoms with Gasteiger partial charge in [0.1, 0.15) is 11.5 Å². The Morgan fingerprint density at radius 3 is 2.90 bits per heavy atom. The van der Waals surface area contributed by atoms with Gasteiger partial charge in [0.05, 0.1) is 18.8 Å². The predicted molar refractivity (Wildman–Crippen MR) is 103 cm³/mol. The smallest absolute Gasteiger partial charge is 0.320 e. The number of aromatic amines is 1. The van der Waals surface area contributed by atoms with Crippen LogP contribution in [0.5, 0.6) is 0 Å². The van der Waals surface area contributed by atoms with E-state index in [1.807, 2.05) is 4.57 Å². The number of H-pyrrole nitrogens is 1. The van der Waals surface area contributed by atoms with Gasteiger partial charge in [0.15, 0.2) is 11.3 Å². The van der Waals surface area contributed by atoms with Crippen LogP contribution in [0.4, 0.5) is 26.4 Å². The van der Waals surface area contributed by atoms with Crippen molar-refractivity contribution in [1.82, 2.24) is 15.0 Å². The van der Waals surface area contributed by atoms with E-state index < -0.39 is 11.6 Å². The molecule has 3 N–H and O–H groups in total. The number of benzene rings is 1. The second kappa shape index (κ2) is 8.66. The van der Waals surface area contributed by atoms with Crippen molar-refractivity contribution in [3.8, 4) is 0 Å². The lowest BCUT2D eigenvalue weighted by molar-refractivity contribution is -0.690. The molecular formula is C19H23F2N6O2+. The Kier molecular flexibility index (Phi) is 5.81. The molecule has 10 heteroatoms. The van der Waals surface area contributed by atoms with E-state index in [9.17, 15) is 8.78 Å². The standard InChI is InChI=1S/C19H22F2N6O2/c1-28-9-6-22-18-23-11-16-17(26-18)27(13-4-7-29-8-5-13)19(25-16)24-15-3-2-12(20)10-14(15)21/h2-3,10-11,13H,4-9H2,1H3,(H2,22,23,24,25,26)/p+1. The number of fused-ring (bicyclic) bond motifs is 1. The van der Waals surface area contributed by atoms with E-state index in [1.54, 1.807) is 13.3 Å². The molecule has 4 rings (SSSR count). The Hall–Kier alpha value is -2.85. The van der Waals surface area contributed by atoms with Crippen molar-refractivity contribution in [3.63, 3.8) is 0 Å². The van der Waals surface area contributed by atoms with Crippen LogP contribution in [-0.4, -0.2) is 48.4 Å². The molecule has 0 aliphatic carbocycles. The van der Waals surface area contributed by atoms with E-state index in [-0.39, 0.29) is 11.7 Å². The Labute approximate surface area is 166 Å². The highest BCUT2D eigenvalue weighted by Crippen LogP contribution is 2.24. The molecule has 1 saturated heterocycles. The fourth-order valence-electron chi connectivity index (χ4n) is 3.40. The minimum absolute atomic E-state index is 0.116. The van der Waals surface area contributed by atoms with Crippen molar-refractivity contribution in [1.29, 1.82) is 0 Å². The fourth-order valence-corrected chi connectivity index (χ4v) is 3.40. The largest absolute Gasteiger partial charge is 0.383 e. The maximum absolute atomic E-state index is 14.2. The van der Waals surface area contributed by atoms with Gasteiger partial charge in [0.2, 0.25) is 0 Å². The molecule has 3 aromatic rings. The fraction of sp³-hybridized carbons (Fsp3) is 0.421. The summed E-state index contributed by atoms with van der Waals surface area (Å²) in [6, 6.07) is 3.55. The number of aromatic nitrogens is 4. The van der Waals surface area contributed by atoms with Crippen molar-refractivity contribution in [2.75, 3.05) is 44.1 Å². The second-order valence-corrected chi connectivity index (χ2v) is 6.79. The third kappa shape index (κ3) is 4.28. The number of nitrogens with one attached hydrogen (secondary N) is 3. The molecule has 0 amide bonds. The monoisotopic (exact) mass is 405 g/mol. The van der Waals surface area contributed by atoms with E-state index >= 15 is 0 Å². The average Bonchev–Trinajstić information content (AvgIpc) is 3.08. The van der Waals surface area contributed by atoms with Gasteiger partial charge in [-0.1, -0.05) is 4.98 Å². The number of hydrogen-bond acceptors (Lipinski definition) is 6. The van der Waals surface area contributed by atoms with E-state index in [0.717, 1.165) is 18.9 Å². The quantitative estimate of drug-likeness (QED) is 0.414. The maximum Gasteiger partial charge on any atom is 0.320 e. The van der Waals surface area contributed by atoms with Gasteiger partial charge in [-0.2, -0.15) is 0 Å². The van der Waals surface area contributed by atoms with Gasteiger partial charge in [-0.25, -0.2) is 18.3 Å². The number of imidazole rings is 1. The SMILES string of the molecule is COCCNc1ncc2[nH]c(Nc3ccc(F)cc3F)[n+](C3CCOCC3)c2n1. The van der Waals surface area contributed by atoms with Crippen LogP contribution in [0, 0.1) is 11.6 Å². The summed E-state index contributed by atoms with van der Waals surface area (Å²) in [5.74, 6) is -0.260. The van der Waals surface area contributed by atoms with E-state index in [2.05, 4.69) is 25.6 Å². The molecule has 1 aliphatic rings. The van der Waals surface area contributed by atoms with Crippen molar-refractivity contribution in [3.05, 3.63) is 36.0 Å². The van der Waals surface area contributed by atoms with Gasteiger partial charge in [0, 0.05) is 45.8 Å². The van der Waals surface area contributed by atoms with Crippen LogP contribution >= 0.6 is 0 Å². The van der Waals surface area contributed by atoms with Gasteiger partial charge in [0.25, 0.3) is 11.6 Å². The molecule has 0 atom stereocenters. The summed E-state index contributed by atoms with van der Waals surface area (Å²) in [7, 11) is 1.63. The maximum atomic E-state index is 14.2. The van der Waals surface area contributed by atoms with Crippen molar-refractivity contribution < 1.29 is 22.8 Å². The van der Waals surface area contributed by atoms with Crippen molar-refractivity contribution in [2.45, 2.75) is 18.9 Å². The first-order valence-corrected chi connectivity index (χ1v) is 9.48. The van der Waals surface area contributed by atoms with Crippen molar-refractivity contribution in [2.24, 2.45) is 0 Å². The lowest BCUT2D eigenvalue weighted by atomic mass is 10.1. The van der Waals surface area contributed by atoms with E-state index in [1.165, 1.54) is 12.1 Å². The Bertz CT molecular complexity index is 990. The zero-order valence-corrected chi connectivity index (χ0v) is 16.0. The van der Waals surface area contributed by atoms with E-state index in [0.29, 0.717) is 49.4 Å². The molecule has 154 valence electrons. The number of nitrogens with zero attached hydrogens (tertiary/aromatic N) is 3. The minimum atomic E-state index is -0.671.